The number of halogens is 2. The van der Waals surface area contributed by atoms with Gasteiger partial charge in [-0.25, -0.2) is 4.79 Å². The molecule has 2 rings (SSSR count). The molecular weight excluding hydrogens is 301 g/mol. The molecule has 2 N–H and O–H groups in total. The monoisotopic (exact) mass is 311 g/mol. The molecule has 0 amide bonds. The molecule has 0 fully saturated rings. The molecule has 104 valence electrons. The number of hydrogen-bond donors (Lipinski definition) is 2. The van der Waals surface area contributed by atoms with Crippen molar-refractivity contribution in [2.45, 2.75) is 6.42 Å². The first-order chi connectivity index (χ1) is 9.58. The van der Waals surface area contributed by atoms with Crippen LogP contribution < -0.4 is 5.32 Å². The summed E-state index contributed by atoms with van der Waals surface area (Å²) in [5.74, 6) is -0.938. The molecule has 0 aliphatic rings. The normalized spacial score (nSPS) is 10.3. The highest BCUT2D eigenvalue weighted by atomic mass is 35.5. The van der Waals surface area contributed by atoms with Crippen LogP contribution in [0.15, 0.2) is 30.3 Å². The summed E-state index contributed by atoms with van der Waals surface area (Å²) in [6.45, 7) is 0.506. The number of carboxylic acid groups (broad SMARTS) is 1. The maximum Gasteiger partial charge on any atom is 0.335 e. The summed E-state index contributed by atoms with van der Waals surface area (Å²) in [4.78, 5) is 11.1. The van der Waals surface area contributed by atoms with Crippen LogP contribution in [0.5, 0.6) is 0 Å². The Morgan fingerprint density at radius 2 is 2.00 bits per heavy atom. The molecule has 0 aliphatic heterocycles. The van der Waals surface area contributed by atoms with Crippen molar-refractivity contribution < 1.29 is 9.90 Å². The van der Waals surface area contributed by atoms with E-state index < -0.39 is 5.97 Å². The summed E-state index contributed by atoms with van der Waals surface area (Å²) >= 11 is 11.6. The van der Waals surface area contributed by atoms with E-state index in [-0.39, 0.29) is 10.3 Å². The number of nitrogens with one attached hydrogen (secondary N) is 1. The molecule has 1 aromatic carbocycles. The molecule has 2 aromatic rings. The van der Waals surface area contributed by atoms with E-state index >= 15 is 0 Å². The third-order valence-electron chi connectivity index (χ3n) is 2.68. The molecule has 5 nitrogen and oxygen atoms in total. The first-order valence-electron chi connectivity index (χ1n) is 5.81. The van der Waals surface area contributed by atoms with E-state index in [1.807, 2.05) is 0 Å². The molecule has 0 atom stereocenters. The molecule has 0 saturated heterocycles. The highest BCUT2D eigenvalue weighted by Crippen LogP contribution is 2.20. The van der Waals surface area contributed by atoms with Crippen LogP contribution in [0.4, 0.5) is 5.69 Å². The van der Waals surface area contributed by atoms with E-state index in [1.165, 1.54) is 0 Å². The van der Waals surface area contributed by atoms with Crippen LogP contribution in [0.2, 0.25) is 10.3 Å². The average Bonchev–Trinajstić information content (AvgIpc) is 2.43. The number of anilines is 1. The Morgan fingerprint density at radius 1 is 1.25 bits per heavy atom. The molecule has 0 unspecified atom stereocenters. The van der Waals surface area contributed by atoms with Crippen LogP contribution in [-0.2, 0) is 6.42 Å². The van der Waals surface area contributed by atoms with Gasteiger partial charge in [0, 0.05) is 12.6 Å². The molecule has 0 spiro atoms. The average molecular weight is 312 g/mol. The lowest BCUT2D eigenvalue weighted by molar-refractivity contribution is 0.0695. The van der Waals surface area contributed by atoms with Crippen LogP contribution in [0.1, 0.15) is 15.9 Å². The zero-order valence-electron chi connectivity index (χ0n) is 10.3. The first-order valence-corrected chi connectivity index (χ1v) is 6.57. The summed E-state index contributed by atoms with van der Waals surface area (Å²) in [5.41, 5.74) is 1.61. The van der Waals surface area contributed by atoms with Gasteiger partial charge in [0.15, 0.2) is 10.3 Å². The molecule has 0 aliphatic carbocycles. The van der Waals surface area contributed by atoms with Crippen molar-refractivity contribution in [1.29, 1.82) is 0 Å². The fourth-order valence-electron chi connectivity index (χ4n) is 1.76. The third kappa shape index (κ3) is 3.59. The van der Waals surface area contributed by atoms with Crippen molar-refractivity contribution in [1.82, 2.24) is 10.2 Å². The van der Waals surface area contributed by atoms with Crippen LogP contribution in [-0.4, -0.2) is 27.8 Å². The quantitative estimate of drug-likeness (QED) is 0.887. The van der Waals surface area contributed by atoms with Gasteiger partial charge >= 0.3 is 5.97 Å². The Kier molecular flexibility index (Phi) is 4.76. The molecule has 0 radical (unpaired) electrons. The number of carboxylic acids is 1. The van der Waals surface area contributed by atoms with E-state index in [1.54, 1.807) is 30.3 Å². The van der Waals surface area contributed by atoms with Gasteiger partial charge in [0.05, 0.1) is 11.3 Å². The summed E-state index contributed by atoms with van der Waals surface area (Å²) < 4.78 is 0. The van der Waals surface area contributed by atoms with E-state index in [4.69, 9.17) is 28.3 Å². The number of carbonyl (C=O) groups is 1. The number of rotatable bonds is 5. The smallest absolute Gasteiger partial charge is 0.335 e. The van der Waals surface area contributed by atoms with Gasteiger partial charge in [0.25, 0.3) is 0 Å². The number of hydrogen-bond acceptors (Lipinski definition) is 4. The third-order valence-corrected chi connectivity index (χ3v) is 3.14. The second-order valence-corrected chi connectivity index (χ2v) is 4.76. The number of benzene rings is 1. The maximum absolute atomic E-state index is 11.1. The van der Waals surface area contributed by atoms with E-state index in [9.17, 15) is 4.79 Å². The highest BCUT2D eigenvalue weighted by Gasteiger charge is 2.09. The number of nitrogens with zero attached hydrogens (tertiary/aromatic N) is 2. The Morgan fingerprint density at radius 3 is 2.75 bits per heavy atom. The lowest BCUT2D eigenvalue weighted by atomic mass is 10.0. The molecule has 0 bridgehead atoms. The van der Waals surface area contributed by atoms with E-state index in [0.717, 1.165) is 5.56 Å². The first kappa shape index (κ1) is 14.6. The molecule has 20 heavy (non-hydrogen) atoms. The fourth-order valence-corrected chi connectivity index (χ4v) is 2.06. The minimum Gasteiger partial charge on any atom is -0.478 e. The van der Waals surface area contributed by atoms with Crippen molar-refractivity contribution in [3.8, 4) is 0 Å². The Balaban J connectivity index is 2.03. The van der Waals surface area contributed by atoms with Crippen molar-refractivity contribution in [3.05, 3.63) is 51.8 Å². The maximum atomic E-state index is 11.1. The lowest BCUT2D eigenvalue weighted by Crippen LogP contribution is -2.09. The molecular formula is C13H11Cl2N3O2. The van der Waals surface area contributed by atoms with Crippen LogP contribution >= 0.6 is 23.2 Å². The second-order valence-electron chi connectivity index (χ2n) is 4.01. The Bertz CT molecular complexity index is 635. The van der Waals surface area contributed by atoms with Crippen molar-refractivity contribution in [3.63, 3.8) is 0 Å². The highest BCUT2D eigenvalue weighted by molar-refractivity contribution is 6.33. The summed E-state index contributed by atoms with van der Waals surface area (Å²) in [6.07, 6.45) is 0.540. The van der Waals surface area contributed by atoms with Gasteiger partial charge in [-0.15, -0.1) is 10.2 Å². The minimum absolute atomic E-state index is 0.223. The van der Waals surface area contributed by atoms with Crippen LogP contribution in [0, 0.1) is 0 Å². The van der Waals surface area contributed by atoms with Crippen molar-refractivity contribution in [2.24, 2.45) is 0 Å². The summed E-state index contributed by atoms with van der Waals surface area (Å²) in [5, 5.41) is 19.9. The van der Waals surface area contributed by atoms with Gasteiger partial charge in [0.2, 0.25) is 0 Å². The van der Waals surface area contributed by atoms with E-state index in [0.29, 0.717) is 24.2 Å². The van der Waals surface area contributed by atoms with Gasteiger partial charge < -0.3 is 10.4 Å². The fraction of sp³-hybridized carbons (Fsp3) is 0.154. The molecule has 7 heteroatoms. The lowest BCUT2D eigenvalue weighted by Gasteiger charge is -2.09. The summed E-state index contributed by atoms with van der Waals surface area (Å²) in [7, 11) is 0. The number of aromatic carboxylic acids is 1. The summed E-state index contributed by atoms with van der Waals surface area (Å²) in [6, 6.07) is 8.43. The molecule has 1 heterocycles. The van der Waals surface area contributed by atoms with Crippen molar-refractivity contribution in [2.75, 3.05) is 11.9 Å². The topological polar surface area (TPSA) is 75.1 Å². The predicted molar refractivity (Wildman–Crippen MR) is 77.6 cm³/mol. The van der Waals surface area contributed by atoms with Gasteiger partial charge in [-0.3, -0.25) is 0 Å². The molecule has 1 aromatic heterocycles. The standard InChI is InChI=1S/C13H11Cl2N3O2/c14-11-7-10(12(15)18-17-11)16-6-5-8-3-1-2-4-9(8)13(19)20/h1-4,7H,5-6H2,(H,16,17)(H,19,20). The van der Waals surface area contributed by atoms with Gasteiger partial charge in [-0.2, -0.15) is 0 Å². The largest absolute Gasteiger partial charge is 0.478 e. The van der Waals surface area contributed by atoms with Crippen molar-refractivity contribution >= 4 is 34.9 Å². The van der Waals surface area contributed by atoms with Gasteiger partial charge in [-0.1, -0.05) is 41.4 Å². The van der Waals surface area contributed by atoms with Gasteiger partial charge in [0.1, 0.15) is 0 Å². The second kappa shape index (κ2) is 6.54. The Hall–Kier alpha value is -1.85. The van der Waals surface area contributed by atoms with Crippen LogP contribution in [0.25, 0.3) is 0 Å². The Labute approximate surface area is 125 Å². The van der Waals surface area contributed by atoms with Crippen LogP contribution in [0.3, 0.4) is 0 Å². The number of aromatic nitrogens is 2. The van der Waals surface area contributed by atoms with E-state index in [2.05, 4.69) is 15.5 Å². The zero-order chi connectivity index (χ0) is 14.5. The predicted octanol–water partition coefficient (Wildman–Crippen LogP) is 3.14. The zero-order valence-corrected chi connectivity index (χ0v) is 11.8. The van der Waals surface area contributed by atoms with Gasteiger partial charge in [-0.05, 0) is 18.1 Å². The molecule has 0 saturated carbocycles. The minimum atomic E-state index is -0.938. The SMILES string of the molecule is O=C(O)c1ccccc1CCNc1cc(Cl)nnc1Cl.